The summed E-state index contributed by atoms with van der Waals surface area (Å²) in [6.45, 7) is 3.31. The van der Waals surface area contributed by atoms with Crippen molar-refractivity contribution in [1.82, 2.24) is 15.2 Å². The monoisotopic (exact) mass is 451 g/mol. The van der Waals surface area contributed by atoms with Gasteiger partial charge in [0.15, 0.2) is 0 Å². The average Bonchev–Trinajstić information content (AvgIpc) is 3.36. The van der Waals surface area contributed by atoms with E-state index in [0.717, 1.165) is 38.2 Å². The van der Waals surface area contributed by atoms with Gasteiger partial charge in [-0.1, -0.05) is 12.1 Å². The summed E-state index contributed by atoms with van der Waals surface area (Å²) in [7, 11) is 0. The molecule has 3 aromatic rings. The molecule has 2 aromatic heterocycles. The number of benzene rings is 1. The van der Waals surface area contributed by atoms with Crippen molar-refractivity contribution >= 4 is 28.6 Å². The van der Waals surface area contributed by atoms with Crippen molar-refractivity contribution in [3.05, 3.63) is 62.8 Å². The molecule has 1 aromatic carbocycles. The number of thiazole rings is 1. The summed E-state index contributed by atoms with van der Waals surface area (Å²) in [5.41, 5.74) is 1.92. The van der Waals surface area contributed by atoms with Crippen LogP contribution in [0.4, 0.5) is 13.2 Å². The lowest BCUT2D eigenvalue weighted by Gasteiger charge is -2.26. The molecule has 1 amide bonds. The lowest BCUT2D eigenvalue weighted by molar-refractivity contribution is -0.137. The molecule has 0 saturated carbocycles. The molecule has 30 heavy (non-hydrogen) atoms. The minimum Gasteiger partial charge on any atom is -0.354 e. The number of fused-ring (bicyclic) bond motifs is 1. The zero-order valence-electron chi connectivity index (χ0n) is 16.0. The highest BCUT2D eigenvalue weighted by Crippen LogP contribution is 2.31. The van der Waals surface area contributed by atoms with Gasteiger partial charge < -0.3 is 5.32 Å². The van der Waals surface area contributed by atoms with Gasteiger partial charge in [0.1, 0.15) is 5.01 Å². The summed E-state index contributed by atoms with van der Waals surface area (Å²) >= 11 is 3.13. The van der Waals surface area contributed by atoms with Crippen LogP contribution in [0.15, 0.2) is 41.1 Å². The average molecular weight is 452 g/mol. The first-order valence-electron chi connectivity index (χ1n) is 9.55. The predicted molar refractivity (Wildman–Crippen MR) is 113 cm³/mol. The second kappa shape index (κ2) is 8.87. The molecule has 4 nitrogen and oxygen atoms in total. The lowest BCUT2D eigenvalue weighted by atomic mass is 10.1. The number of nitrogens with one attached hydrogen (secondary N) is 1. The van der Waals surface area contributed by atoms with Crippen molar-refractivity contribution in [1.29, 1.82) is 0 Å². The number of carbonyl (C=O) groups is 1. The van der Waals surface area contributed by atoms with E-state index in [-0.39, 0.29) is 12.3 Å². The molecule has 0 spiro atoms. The SMILES string of the molecule is O=C(Cc1csc(-c2ccc(C(F)(F)F)cc2)n1)NCCN1CCc2sccc2C1. The highest BCUT2D eigenvalue weighted by atomic mass is 32.1. The molecule has 0 fully saturated rings. The van der Waals surface area contributed by atoms with Crippen molar-refractivity contribution in [3.63, 3.8) is 0 Å². The smallest absolute Gasteiger partial charge is 0.354 e. The van der Waals surface area contributed by atoms with Gasteiger partial charge >= 0.3 is 6.18 Å². The van der Waals surface area contributed by atoms with Crippen LogP contribution < -0.4 is 5.32 Å². The second-order valence-electron chi connectivity index (χ2n) is 7.14. The number of amides is 1. The van der Waals surface area contributed by atoms with Crippen LogP contribution in [0.25, 0.3) is 10.6 Å². The Morgan fingerprint density at radius 3 is 2.73 bits per heavy atom. The normalized spacial score (nSPS) is 14.5. The van der Waals surface area contributed by atoms with Crippen LogP contribution in [0.2, 0.25) is 0 Å². The van der Waals surface area contributed by atoms with Gasteiger partial charge in [-0.15, -0.1) is 22.7 Å². The minimum atomic E-state index is -4.36. The fraction of sp³-hybridized carbons (Fsp3) is 0.333. The summed E-state index contributed by atoms with van der Waals surface area (Å²) < 4.78 is 38.0. The molecule has 9 heteroatoms. The maximum atomic E-state index is 12.7. The van der Waals surface area contributed by atoms with E-state index in [4.69, 9.17) is 0 Å². The van der Waals surface area contributed by atoms with Crippen molar-refractivity contribution in [2.45, 2.75) is 25.6 Å². The maximum absolute atomic E-state index is 12.7. The highest BCUT2D eigenvalue weighted by molar-refractivity contribution is 7.13. The zero-order chi connectivity index (χ0) is 21.1. The first-order valence-corrected chi connectivity index (χ1v) is 11.3. The predicted octanol–water partition coefficient (Wildman–Crippen LogP) is 4.61. The summed E-state index contributed by atoms with van der Waals surface area (Å²) in [5, 5.41) is 7.43. The molecule has 1 N–H and O–H groups in total. The molecule has 3 heterocycles. The number of nitrogens with zero attached hydrogens (tertiary/aromatic N) is 2. The molecule has 0 atom stereocenters. The summed E-state index contributed by atoms with van der Waals surface area (Å²) in [6, 6.07) is 7.07. The Balaban J connectivity index is 1.25. The third-order valence-corrected chi connectivity index (χ3v) is 6.95. The van der Waals surface area contributed by atoms with Crippen molar-refractivity contribution < 1.29 is 18.0 Å². The van der Waals surface area contributed by atoms with E-state index in [1.807, 2.05) is 11.3 Å². The van der Waals surface area contributed by atoms with Crippen LogP contribution in [0.5, 0.6) is 0 Å². The van der Waals surface area contributed by atoms with Crippen LogP contribution >= 0.6 is 22.7 Å². The number of aromatic nitrogens is 1. The molecule has 158 valence electrons. The molecule has 4 rings (SSSR count). The van der Waals surface area contributed by atoms with E-state index in [1.165, 1.54) is 33.9 Å². The highest BCUT2D eigenvalue weighted by Gasteiger charge is 2.30. The van der Waals surface area contributed by atoms with E-state index >= 15 is 0 Å². The summed E-state index contributed by atoms with van der Waals surface area (Å²) in [6.07, 6.45) is -3.14. The van der Waals surface area contributed by atoms with E-state index in [1.54, 1.807) is 5.38 Å². The molecule has 0 aliphatic carbocycles. The van der Waals surface area contributed by atoms with Gasteiger partial charge in [0.25, 0.3) is 0 Å². The Labute approximate surface area is 180 Å². The van der Waals surface area contributed by atoms with Crippen molar-refractivity contribution in [3.8, 4) is 10.6 Å². The number of hydrogen-bond acceptors (Lipinski definition) is 5. The number of thiophene rings is 1. The molecule has 0 unspecified atom stereocenters. The van der Waals surface area contributed by atoms with Gasteiger partial charge in [0.2, 0.25) is 5.91 Å². The van der Waals surface area contributed by atoms with E-state index in [9.17, 15) is 18.0 Å². The zero-order valence-corrected chi connectivity index (χ0v) is 17.7. The van der Waals surface area contributed by atoms with Gasteiger partial charge in [-0.25, -0.2) is 4.98 Å². The fourth-order valence-corrected chi connectivity index (χ4v) is 5.12. The quantitative estimate of drug-likeness (QED) is 0.596. The number of alkyl halides is 3. The summed E-state index contributed by atoms with van der Waals surface area (Å²) in [5.74, 6) is -0.104. The largest absolute Gasteiger partial charge is 0.416 e. The van der Waals surface area contributed by atoms with Gasteiger partial charge in [-0.3, -0.25) is 9.69 Å². The van der Waals surface area contributed by atoms with Crippen LogP contribution in [0.1, 0.15) is 21.7 Å². The number of hydrogen-bond donors (Lipinski definition) is 1. The topological polar surface area (TPSA) is 45.2 Å². The van der Waals surface area contributed by atoms with Gasteiger partial charge in [-0.05, 0) is 35.6 Å². The Kier molecular flexibility index (Phi) is 6.21. The Morgan fingerprint density at radius 2 is 1.97 bits per heavy atom. The van der Waals surface area contributed by atoms with Crippen molar-refractivity contribution in [2.75, 3.05) is 19.6 Å². The molecule has 0 saturated heterocycles. The van der Waals surface area contributed by atoms with Gasteiger partial charge in [0.05, 0.1) is 17.7 Å². The van der Waals surface area contributed by atoms with E-state index in [0.29, 0.717) is 22.8 Å². The van der Waals surface area contributed by atoms with Crippen LogP contribution in [0.3, 0.4) is 0 Å². The van der Waals surface area contributed by atoms with E-state index in [2.05, 4.69) is 26.6 Å². The van der Waals surface area contributed by atoms with Crippen molar-refractivity contribution in [2.24, 2.45) is 0 Å². The fourth-order valence-electron chi connectivity index (χ4n) is 3.40. The van der Waals surface area contributed by atoms with Gasteiger partial charge in [0, 0.05) is 42.0 Å². The summed E-state index contributed by atoms with van der Waals surface area (Å²) in [4.78, 5) is 20.4. The van der Waals surface area contributed by atoms with Crippen LogP contribution in [-0.2, 0) is 30.4 Å². The third kappa shape index (κ3) is 5.08. The Bertz CT molecular complexity index is 1010. The van der Waals surface area contributed by atoms with Crippen LogP contribution in [0, 0.1) is 0 Å². The number of halogens is 3. The molecule has 0 bridgehead atoms. The van der Waals surface area contributed by atoms with Crippen LogP contribution in [-0.4, -0.2) is 35.4 Å². The Hall–Kier alpha value is -2.23. The number of carbonyl (C=O) groups excluding carboxylic acids is 1. The minimum absolute atomic E-state index is 0.104. The Morgan fingerprint density at radius 1 is 1.17 bits per heavy atom. The molecule has 1 aliphatic heterocycles. The molecular formula is C21H20F3N3OS2. The molecule has 0 radical (unpaired) electrons. The van der Waals surface area contributed by atoms with E-state index < -0.39 is 11.7 Å². The lowest BCUT2D eigenvalue weighted by Crippen LogP contribution is -2.37. The number of rotatable bonds is 6. The third-order valence-electron chi connectivity index (χ3n) is 4.99. The standard InChI is InChI=1S/C21H20F3N3OS2/c22-21(23,24)16-3-1-14(2-4-16)20-26-17(13-30-20)11-19(28)25-7-9-27-8-5-18-15(12-27)6-10-29-18/h1-4,6,10,13H,5,7-9,11-12H2,(H,25,28). The van der Waals surface area contributed by atoms with Gasteiger partial charge in [-0.2, -0.15) is 13.2 Å². The first-order chi connectivity index (χ1) is 14.4. The molecular weight excluding hydrogens is 431 g/mol. The maximum Gasteiger partial charge on any atom is 0.416 e. The first kappa shape index (κ1) is 21.0. The second-order valence-corrected chi connectivity index (χ2v) is 9.00. The molecule has 1 aliphatic rings.